The highest BCUT2D eigenvalue weighted by molar-refractivity contribution is 5.91. The largest absolute Gasteiger partial charge is 0.492 e. The summed E-state index contributed by atoms with van der Waals surface area (Å²) in [5, 5.41) is 6.23. The van der Waals surface area contributed by atoms with Crippen LogP contribution in [0, 0.1) is 0 Å². The SMILES string of the molecule is CCOc1ccccc1NC(=O)NC1CC2CCCC(C1)N2C1CCCC1. The number of carbonyl (C=O) groups is 1. The number of urea groups is 1. The number of benzene rings is 1. The normalized spacial score (nSPS) is 28.7. The average molecular weight is 372 g/mol. The van der Waals surface area contributed by atoms with Gasteiger partial charge in [-0.05, 0) is 57.6 Å². The van der Waals surface area contributed by atoms with Gasteiger partial charge in [-0.1, -0.05) is 31.4 Å². The Bertz CT molecular complexity index is 630. The third-order valence-corrected chi connectivity index (χ3v) is 6.55. The van der Waals surface area contributed by atoms with Crippen LogP contribution in [-0.2, 0) is 0 Å². The Labute approximate surface area is 162 Å². The summed E-state index contributed by atoms with van der Waals surface area (Å²) in [7, 11) is 0. The van der Waals surface area contributed by atoms with Gasteiger partial charge in [-0.15, -0.1) is 0 Å². The van der Waals surface area contributed by atoms with Crippen LogP contribution in [0.5, 0.6) is 5.75 Å². The first-order valence-corrected chi connectivity index (χ1v) is 10.8. The second-order valence-corrected chi connectivity index (χ2v) is 8.32. The van der Waals surface area contributed by atoms with Crippen molar-refractivity contribution < 1.29 is 9.53 Å². The number of para-hydroxylation sites is 2. The third-order valence-electron chi connectivity index (χ3n) is 6.55. The number of nitrogens with one attached hydrogen (secondary N) is 2. The minimum absolute atomic E-state index is 0.112. The van der Waals surface area contributed by atoms with E-state index in [-0.39, 0.29) is 12.1 Å². The molecule has 1 aromatic rings. The Kier molecular flexibility index (Phi) is 5.86. The number of fused-ring (bicyclic) bond motifs is 2. The Hall–Kier alpha value is -1.75. The van der Waals surface area contributed by atoms with Crippen LogP contribution < -0.4 is 15.4 Å². The van der Waals surface area contributed by atoms with E-state index in [0.717, 1.165) is 30.3 Å². The van der Waals surface area contributed by atoms with Crippen LogP contribution in [-0.4, -0.2) is 41.7 Å². The zero-order chi connectivity index (χ0) is 18.6. The van der Waals surface area contributed by atoms with Gasteiger partial charge < -0.3 is 15.4 Å². The Morgan fingerprint density at radius 1 is 1.04 bits per heavy atom. The van der Waals surface area contributed by atoms with E-state index in [1.54, 1.807) is 0 Å². The summed E-state index contributed by atoms with van der Waals surface area (Å²) < 4.78 is 5.61. The third kappa shape index (κ3) is 4.23. The molecule has 2 heterocycles. The summed E-state index contributed by atoms with van der Waals surface area (Å²) >= 11 is 0. The van der Waals surface area contributed by atoms with Gasteiger partial charge in [0.15, 0.2) is 0 Å². The second kappa shape index (κ2) is 8.51. The molecule has 2 aliphatic heterocycles. The predicted molar refractivity (Wildman–Crippen MR) is 108 cm³/mol. The van der Waals surface area contributed by atoms with E-state index in [9.17, 15) is 4.79 Å². The summed E-state index contributed by atoms with van der Waals surface area (Å²) in [6.07, 6.45) is 11.6. The fourth-order valence-corrected chi connectivity index (χ4v) is 5.53. The van der Waals surface area contributed by atoms with E-state index in [1.165, 1.54) is 44.9 Å². The molecule has 1 aliphatic carbocycles. The number of ether oxygens (including phenoxy) is 1. The van der Waals surface area contributed by atoms with E-state index in [0.29, 0.717) is 18.7 Å². The van der Waals surface area contributed by atoms with Crippen molar-refractivity contribution in [2.75, 3.05) is 11.9 Å². The average Bonchev–Trinajstić information content (AvgIpc) is 3.17. The summed E-state index contributed by atoms with van der Waals surface area (Å²) in [6.45, 7) is 2.54. The molecule has 0 aromatic heterocycles. The van der Waals surface area contributed by atoms with Gasteiger partial charge in [-0.2, -0.15) is 0 Å². The maximum Gasteiger partial charge on any atom is 0.319 e. The monoisotopic (exact) mass is 371 g/mol. The Balaban J connectivity index is 1.36. The number of nitrogens with zero attached hydrogens (tertiary/aromatic N) is 1. The Morgan fingerprint density at radius 2 is 1.70 bits per heavy atom. The zero-order valence-electron chi connectivity index (χ0n) is 16.5. The molecule has 3 fully saturated rings. The lowest BCUT2D eigenvalue weighted by atomic mass is 9.80. The first-order chi connectivity index (χ1) is 13.2. The van der Waals surface area contributed by atoms with Crippen LogP contribution in [0.15, 0.2) is 24.3 Å². The predicted octanol–water partition coefficient (Wildman–Crippen LogP) is 4.53. The molecule has 2 saturated heterocycles. The van der Waals surface area contributed by atoms with E-state index in [1.807, 2.05) is 31.2 Å². The Morgan fingerprint density at radius 3 is 2.41 bits per heavy atom. The highest BCUT2D eigenvalue weighted by Crippen LogP contribution is 2.39. The quantitative estimate of drug-likeness (QED) is 0.799. The van der Waals surface area contributed by atoms with Crippen molar-refractivity contribution in [1.82, 2.24) is 10.2 Å². The maximum absolute atomic E-state index is 12.6. The number of piperidine rings is 2. The lowest BCUT2D eigenvalue weighted by Crippen LogP contribution is -2.59. The number of carbonyl (C=O) groups excluding carboxylic acids is 1. The molecule has 2 unspecified atom stereocenters. The molecule has 5 heteroatoms. The molecule has 2 bridgehead atoms. The van der Waals surface area contributed by atoms with E-state index >= 15 is 0 Å². The molecule has 1 aromatic carbocycles. The number of rotatable bonds is 5. The second-order valence-electron chi connectivity index (χ2n) is 8.32. The van der Waals surface area contributed by atoms with Crippen molar-refractivity contribution >= 4 is 11.7 Å². The topological polar surface area (TPSA) is 53.6 Å². The summed E-state index contributed by atoms with van der Waals surface area (Å²) in [5.74, 6) is 0.725. The lowest BCUT2D eigenvalue weighted by Gasteiger charge is -2.51. The van der Waals surface area contributed by atoms with Crippen LogP contribution in [0.25, 0.3) is 0 Å². The van der Waals surface area contributed by atoms with Crippen molar-refractivity contribution in [2.45, 2.75) is 88.9 Å². The summed E-state index contributed by atoms with van der Waals surface area (Å²) in [4.78, 5) is 15.4. The van der Waals surface area contributed by atoms with Crippen molar-refractivity contribution in [3.8, 4) is 5.75 Å². The zero-order valence-corrected chi connectivity index (χ0v) is 16.5. The fraction of sp³-hybridized carbons (Fsp3) is 0.682. The minimum Gasteiger partial charge on any atom is -0.492 e. The molecule has 2 atom stereocenters. The fourth-order valence-electron chi connectivity index (χ4n) is 5.53. The van der Waals surface area contributed by atoms with Gasteiger partial charge >= 0.3 is 6.03 Å². The van der Waals surface area contributed by atoms with Gasteiger partial charge in [-0.3, -0.25) is 4.90 Å². The molecule has 2 amide bonds. The molecular formula is C22H33N3O2. The number of hydrogen-bond acceptors (Lipinski definition) is 3. The molecule has 4 rings (SSSR count). The highest BCUT2D eigenvalue weighted by Gasteiger charge is 2.42. The number of amides is 2. The van der Waals surface area contributed by atoms with Crippen LogP contribution in [0.3, 0.4) is 0 Å². The number of hydrogen-bond donors (Lipinski definition) is 2. The number of anilines is 1. The van der Waals surface area contributed by atoms with Gasteiger partial charge in [0.05, 0.1) is 12.3 Å². The van der Waals surface area contributed by atoms with Gasteiger partial charge in [0, 0.05) is 24.2 Å². The van der Waals surface area contributed by atoms with Gasteiger partial charge in [0.2, 0.25) is 0 Å². The van der Waals surface area contributed by atoms with Crippen LogP contribution >= 0.6 is 0 Å². The first-order valence-electron chi connectivity index (χ1n) is 10.8. The van der Waals surface area contributed by atoms with Crippen molar-refractivity contribution in [1.29, 1.82) is 0 Å². The van der Waals surface area contributed by atoms with Gasteiger partial charge in [-0.25, -0.2) is 4.79 Å². The standard InChI is InChI=1S/C22H33N3O2/c1-2-27-21-13-6-5-12-20(21)24-22(26)23-16-14-18-10-7-11-19(15-16)25(18)17-8-3-4-9-17/h5-6,12-13,16-19H,2-4,7-11,14-15H2,1H3,(H2,23,24,26). The molecule has 27 heavy (non-hydrogen) atoms. The van der Waals surface area contributed by atoms with Crippen LogP contribution in [0.2, 0.25) is 0 Å². The summed E-state index contributed by atoms with van der Waals surface area (Å²) in [6, 6.07) is 9.90. The maximum atomic E-state index is 12.6. The van der Waals surface area contributed by atoms with Crippen LogP contribution in [0.4, 0.5) is 10.5 Å². The van der Waals surface area contributed by atoms with Crippen LogP contribution in [0.1, 0.15) is 64.7 Å². The smallest absolute Gasteiger partial charge is 0.319 e. The molecule has 5 nitrogen and oxygen atoms in total. The first kappa shape index (κ1) is 18.6. The van der Waals surface area contributed by atoms with Gasteiger partial charge in [0.1, 0.15) is 5.75 Å². The van der Waals surface area contributed by atoms with Gasteiger partial charge in [0.25, 0.3) is 0 Å². The molecule has 0 radical (unpaired) electrons. The summed E-state index contributed by atoms with van der Waals surface area (Å²) in [5.41, 5.74) is 0.737. The van der Waals surface area contributed by atoms with E-state index in [2.05, 4.69) is 15.5 Å². The highest BCUT2D eigenvalue weighted by atomic mass is 16.5. The molecule has 148 valence electrons. The van der Waals surface area contributed by atoms with Crippen molar-refractivity contribution in [3.05, 3.63) is 24.3 Å². The van der Waals surface area contributed by atoms with E-state index < -0.39 is 0 Å². The molecule has 1 saturated carbocycles. The molecular weight excluding hydrogens is 338 g/mol. The molecule has 2 N–H and O–H groups in total. The van der Waals surface area contributed by atoms with Crippen molar-refractivity contribution in [2.24, 2.45) is 0 Å². The molecule has 3 aliphatic rings. The van der Waals surface area contributed by atoms with Crippen molar-refractivity contribution in [3.63, 3.8) is 0 Å². The molecule has 0 spiro atoms. The van der Waals surface area contributed by atoms with E-state index in [4.69, 9.17) is 4.74 Å². The lowest BCUT2D eigenvalue weighted by molar-refractivity contribution is -0.00680. The minimum atomic E-state index is -0.112.